The molecule has 1 saturated carbocycles. The molecule has 0 saturated heterocycles. The van der Waals surface area contributed by atoms with Crippen LogP contribution in [0.3, 0.4) is 0 Å². The van der Waals surface area contributed by atoms with Gasteiger partial charge in [0.05, 0.1) is 6.54 Å². The van der Waals surface area contributed by atoms with Crippen LogP contribution in [0.15, 0.2) is 18.2 Å². The number of amides is 1. The number of anilines is 1. The lowest BCUT2D eigenvalue weighted by molar-refractivity contribution is -0.130. The van der Waals surface area contributed by atoms with Crippen molar-refractivity contribution in [1.82, 2.24) is 4.90 Å². The summed E-state index contributed by atoms with van der Waals surface area (Å²) < 4.78 is 13.0. The highest BCUT2D eigenvalue weighted by Gasteiger charge is 2.21. The fraction of sp³-hybridized carbons (Fsp3) is 0.562. The zero-order chi connectivity index (χ0) is 14.5. The lowest BCUT2D eigenvalue weighted by atomic mass is 9.94. The summed E-state index contributed by atoms with van der Waals surface area (Å²) in [5, 5.41) is 3.10. The van der Waals surface area contributed by atoms with Crippen LogP contribution in [0.4, 0.5) is 10.1 Å². The number of nitrogens with zero attached hydrogens (tertiary/aromatic N) is 1. The minimum Gasteiger partial charge on any atom is -0.376 e. The third-order valence-corrected chi connectivity index (χ3v) is 4.13. The monoisotopic (exact) mass is 278 g/mol. The molecular weight excluding hydrogens is 255 g/mol. The molecule has 1 aliphatic carbocycles. The number of hydrogen-bond acceptors (Lipinski definition) is 2. The summed E-state index contributed by atoms with van der Waals surface area (Å²) in [6, 6.07) is 4.94. The summed E-state index contributed by atoms with van der Waals surface area (Å²) in [6.45, 7) is 2.10. The van der Waals surface area contributed by atoms with Gasteiger partial charge in [-0.05, 0) is 43.5 Å². The molecule has 0 spiro atoms. The third-order valence-electron chi connectivity index (χ3n) is 4.13. The number of halogens is 1. The Balaban J connectivity index is 1.87. The van der Waals surface area contributed by atoms with E-state index in [0.29, 0.717) is 6.04 Å². The molecule has 0 radical (unpaired) electrons. The van der Waals surface area contributed by atoms with Crippen LogP contribution in [0, 0.1) is 12.7 Å². The van der Waals surface area contributed by atoms with Crippen LogP contribution >= 0.6 is 0 Å². The van der Waals surface area contributed by atoms with Gasteiger partial charge in [0.2, 0.25) is 5.91 Å². The van der Waals surface area contributed by atoms with Gasteiger partial charge in [0.15, 0.2) is 0 Å². The minimum absolute atomic E-state index is 0.0978. The fourth-order valence-corrected chi connectivity index (χ4v) is 2.79. The van der Waals surface area contributed by atoms with Crippen molar-refractivity contribution in [3.8, 4) is 0 Å². The Morgan fingerprint density at radius 3 is 2.70 bits per heavy atom. The molecule has 0 atom stereocenters. The number of nitrogens with one attached hydrogen (secondary N) is 1. The van der Waals surface area contributed by atoms with Crippen molar-refractivity contribution in [3.05, 3.63) is 29.6 Å². The summed E-state index contributed by atoms with van der Waals surface area (Å²) in [7, 11) is 1.89. The second kappa shape index (κ2) is 6.73. The van der Waals surface area contributed by atoms with Gasteiger partial charge in [-0.15, -0.1) is 0 Å². The van der Waals surface area contributed by atoms with Gasteiger partial charge in [-0.1, -0.05) is 19.3 Å². The Bertz CT molecular complexity index is 470. The summed E-state index contributed by atoms with van der Waals surface area (Å²) in [5.41, 5.74) is 1.63. The van der Waals surface area contributed by atoms with E-state index in [9.17, 15) is 9.18 Å². The molecule has 1 fully saturated rings. The molecule has 110 valence electrons. The standard InChI is InChI=1S/C16H23FN2O/c1-12-10-13(17)8-9-15(12)18-11-16(20)19(2)14-6-4-3-5-7-14/h8-10,14,18H,3-7,11H2,1-2H3. The van der Waals surface area contributed by atoms with Crippen LogP contribution in [0.5, 0.6) is 0 Å². The van der Waals surface area contributed by atoms with Crippen molar-refractivity contribution in [2.45, 2.75) is 45.1 Å². The molecule has 2 rings (SSSR count). The van der Waals surface area contributed by atoms with Crippen molar-refractivity contribution in [3.63, 3.8) is 0 Å². The average Bonchev–Trinajstić information content (AvgIpc) is 2.46. The molecule has 0 aromatic heterocycles. The lowest BCUT2D eigenvalue weighted by Crippen LogP contribution is -2.41. The van der Waals surface area contributed by atoms with Crippen molar-refractivity contribution < 1.29 is 9.18 Å². The molecule has 1 aromatic carbocycles. The molecule has 0 heterocycles. The molecule has 1 amide bonds. The van der Waals surface area contributed by atoms with Crippen molar-refractivity contribution >= 4 is 11.6 Å². The Kier molecular flexibility index (Phi) is 4.99. The molecule has 0 unspecified atom stereocenters. The Morgan fingerprint density at radius 2 is 2.05 bits per heavy atom. The summed E-state index contributed by atoms with van der Waals surface area (Å²) in [6.07, 6.45) is 5.93. The third kappa shape index (κ3) is 3.71. The van der Waals surface area contributed by atoms with Gasteiger partial charge in [-0.25, -0.2) is 4.39 Å². The van der Waals surface area contributed by atoms with Crippen molar-refractivity contribution in [2.75, 3.05) is 18.9 Å². The molecule has 0 aliphatic heterocycles. The van der Waals surface area contributed by atoms with Gasteiger partial charge in [-0.3, -0.25) is 4.79 Å². The maximum absolute atomic E-state index is 13.0. The molecule has 20 heavy (non-hydrogen) atoms. The number of carbonyl (C=O) groups excluding carboxylic acids is 1. The van der Waals surface area contributed by atoms with E-state index >= 15 is 0 Å². The van der Waals surface area contributed by atoms with Gasteiger partial charge < -0.3 is 10.2 Å². The number of rotatable bonds is 4. The molecule has 0 bridgehead atoms. The Morgan fingerprint density at radius 1 is 1.35 bits per heavy atom. The Hall–Kier alpha value is -1.58. The molecular formula is C16H23FN2O. The van der Waals surface area contributed by atoms with Gasteiger partial charge in [0.1, 0.15) is 5.82 Å². The summed E-state index contributed by atoms with van der Waals surface area (Å²) >= 11 is 0. The second-order valence-electron chi connectivity index (χ2n) is 5.61. The number of benzene rings is 1. The SMILES string of the molecule is Cc1cc(F)ccc1NCC(=O)N(C)C1CCCCC1. The van der Waals surface area contributed by atoms with E-state index in [1.54, 1.807) is 6.07 Å². The van der Waals surface area contributed by atoms with Gasteiger partial charge in [0, 0.05) is 18.8 Å². The van der Waals surface area contributed by atoms with Gasteiger partial charge in [0.25, 0.3) is 0 Å². The van der Waals surface area contributed by atoms with E-state index < -0.39 is 0 Å². The second-order valence-corrected chi connectivity index (χ2v) is 5.61. The molecule has 3 nitrogen and oxygen atoms in total. The van der Waals surface area contributed by atoms with E-state index in [4.69, 9.17) is 0 Å². The predicted molar refractivity (Wildman–Crippen MR) is 79.3 cm³/mol. The maximum Gasteiger partial charge on any atom is 0.241 e. The molecule has 1 N–H and O–H groups in total. The van der Waals surface area contributed by atoms with Gasteiger partial charge in [-0.2, -0.15) is 0 Å². The molecule has 1 aliphatic rings. The highest BCUT2D eigenvalue weighted by molar-refractivity contribution is 5.81. The van der Waals surface area contributed by atoms with Crippen LogP contribution in [-0.4, -0.2) is 30.4 Å². The first-order chi connectivity index (χ1) is 9.58. The minimum atomic E-state index is -0.251. The predicted octanol–water partition coefficient (Wildman–Crippen LogP) is 3.34. The van der Waals surface area contributed by atoms with E-state index in [2.05, 4.69) is 5.32 Å². The number of hydrogen-bond donors (Lipinski definition) is 1. The van der Waals surface area contributed by atoms with Crippen LogP contribution < -0.4 is 5.32 Å². The van der Waals surface area contributed by atoms with E-state index in [0.717, 1.165) is 24.1 Å². The summed E-state index contributed by atoms with van der Waals surface area (Å²) in [5.74, 6) is -0.153. The maximum atomic E-state index is 13.0. The molecule has 4 heteroatoms. The van der Waals surface area contributed by atoms with Crippen LogP contribution in [0.25, 0.3) is 0 Å². The molecule has 1 aromatic rings. The first-order valence-electron chi connectivity index (χ1n) is 7.33. The lowest BCUT2D eigenvalue weighted by Gasteiger charge is -2.31. The number of aryl methyl sites for hydroxylation is 1. The highest BCUT2D eigenvalue weighted by Crippen LogP contribution is 2.22. The normalized spacial score (nSPS) is 15.9. The van der Waals surface area contributed by atoms with Crippen molar-refractivity contribution in [2.24, 2.45) is 0 Å². The fourth-order valence-electron chi connectivity index (χ4n) is 2.79. The van der Waals surface area contributed by atoms with Crippen LogP contribution in [0.2, 0.25) is 0 Å². The Labute approximate surface area is 120 Å². The van der Waals surface area contributed by atoms with Crippen LogP contribution in [-0.2, 0) is 4.79 Å². The van der Waals surface area contributed by atoms with Crippen molar-refractivity contribution in [1.29, 1.82) is 0 Å². The number of carbonyl (C=O) groups is 1. The van der Waals surface area contributed by atoms with E-state index in [1.165, 1.54) is 31.4 Å². The van der Waals surface area contributed by atoms with Crippen LogP contribution in [0.1, 0.15) is 37.7 Å². The largest absolute Gasteiger partial charge is 0.376 e. The first-order valence-corrected chi connectivity index (χ1v) is 7.33. The smallest absolute Gasteiger partial charge is 0.241 e. The average molecular weight is 278 g/mol. The zero-order valence-corrected chi connectivity index (χ0v) is 12.3. The van der Waals surface area contributed by atoms with E-state index in [-0.39, 0.29) is 18.3 Å². The summed E-state index contributed by atoms with van der Waals surface area (Å²) in [4.78, 5) is 14.0. The quantitative estimate of drug-likeness (QED) is 0.916. The number of likely N-dealkylation sites (N-methyl/N-ethyl adjacent to an activating group) is 1. The zero-order valence-electron chi connectivity index (χ0n) is 12.3. The van der Waals surface area contributed by atoms with Gasteiger partial charge >= 0.3 is 0 Å². The highest BCUT2D eigenvalue weighted by atomic mass is 19.1. The van der Waals surface area contributed by atoms with E-state index in [1.807, 2.05) is 18.9 Å². The first kappa shape index (κ1) is 14.8. The topological polar surface area (TPSA) is 32.3 Å².